The monoisotopic (exact) mass is 635 g/mol. The van der Waals surface area contributed by atoms with Gasteiger partial charge in [0, 0.05) is 50.7 Å². The average molecular weight is 636 g/mol. The van der Waals surface area contributed by atoms with Gasteiger partial charge in [0.25, 0.3) is 0 Å². The Kier molecular flexibility index (Phi) is 9.96. The van der Waals surface area contributed by atoms with Crippen LogP contribution in [0.15, 0.2) is 60.7 Å². The van der Waals surface area contributed by atoms with Gasteiger partial charge in [-0.15, -0.1) is 0 Å². The summed E-state index contributed by atoms with van der Waals surface area (Å²) in [6, 6.07) is 16.8. The Labute approximate surface area is 269 Å². The molecule has 246 valence electrons. The number of carbonyl (C=O) groups excluding carboxylic acids is 3. The van der Waals surface area contributed by atoms with Crippen molar-refractivity contribution in [2.24, 2.45) is 5.92 Å². The van der Waals surface area contributed by atoms with Gasteiger partial charge in [0.05, 0.1) is 13.0 Å². The molecule has 0 aromatic heterocycles. The van der Waals surface area contributed by atoms with Crippen LogP contribution < -0.4 is 0 Å². The van der Waals surface area contributed by atoms with E-state index < -0.39 is 41.2 Å². The first-order chi connectivity index (χ1) is 21.9. The number of likely N-dealkylation sites (tertiary alicyclic amines) is 1. The highest BCUT2D eigenvalue weighted by Crippen LogP contribution is 2.37. The van der Waals surface area contributed by atoms with Gasteiger partial charge in [-0.3, -0.25) is 14.5 Å². The zero-order valence-corrected chi connectivity index (χ0v) is 27.2. The number of hydrogen-bond donors (Lipinski definition) is 0. The molecule has 2 heterocycles. The summed E-state index contributed by atoms with van der Waals surface area (Å²) in [5.41, 5.74) is 0.458. The van der Waals surface area contributed by atoms with Crippen molar-refractivity contribution in [2.75, 3.05) is 39.8 Å². The van der Waals surface area contributed by atoms with E-state index in [-0.39, 0.29) is 36.6 Å². The molecule has 3 aromatic rings. The van der Waals surface area contributed by atoms with Crippen LogP contribution in [0.3, 0.4) is 0 Å². The molecule has 0 N–H and O–H groups in total. The van der Waals surface area contributed by atoms with Gasteiger partial charge in [-0.25, -0.2) is 13.6 Å². The summed E-state index contributed by atoms with van der Waals surface area (Å²) in [5.74, 6) is -3.42. The Morgan fingerprint density at radius 1 is 0.935 bits per heavy atom. The predicted molar refractivity (Wildman–Crippen MR) is 171 cm³/mol. The second kappa shape index (κ2) is 13.7. The molecule has 5 rings (SSSR count). The Morgan fingerprint density at radius 2 is 1.67 bits per heavy atom. The Balaban J connectivity index is 1.36. The van der Waals surface area contributed by atoms with Gasteiger partial charge < -0.3 is 19.3 Å². The maximum Gasteiger partial charge on any atom is 0.410 e. The number of fused-ring (bicyclic) bond motifs is 1. The van der Waals surface area contributed by atoms with Gasteiger partial charge in [-0.2, -0.15) is 0 Å². The lowest BCUT2D eigenvalue weighted by Gasteiger charge is -2.44. The van der Waals surface area contributed by atoms with E-state index in [2.05, 4.69) is 11.0 Å². The number of benzene rings is 3. The topological polar surface area (TPSA) is 79.4 Å². The van der Waals surface area contributed by atoms with E-state index in [1.807, 2.05) is 43.3 Å². The lowest BCUT2D eigenvalue weighted by molar-refractivity contribution is -0.150. The number of piperazine rings is 1. The van der Waals surface area contributed by atoms with E-state index in [9.17, 15) is 18.8 Å². The van der Waals surface area contributed by atoms with Gasteiger partial charge >= 0.3 is 12.1 Å². The van der Waals surface area contributed by atoms with E-state index in [0.29, 0.717) is 32.5 Å². The number of hydrogen-bond acceptors (Lipinski definition) is 6. The SMILES string of the molecule is CC[C@H]1CN([C@@H](Cc2ccc3ccccc3c2)C(=O)OC)CCN1C(=O)[C@@H]1CN(C(=O)OC(C)(C)C)C[C@H]1c1ccc(F)cc1F. The molecular weight excluding hydrogens is 592 g/mol. The minimum absolute atomic E-state index is 0.0542. The molecule has 0 aliphatic carbocycles. The fourth-order valence-electron chi connectivity index (χ4n) is 6.75. The number of nitrogens with zero attached hydrogens (tertiary/aromatic N) is 3. The minimum atomic E-state index is -0.750. The van der Waals surface area contributed by atoms with Crippen LogP contribution in [0.1, 0.15) is 51.2 Å². The van der Waals surface area contributed by atoms with Gasteiger partial charge in [-0.1, -0.05) is 55.5 Å². The van der Waals surface area contributed by atoms with Crippen molar-refractivity contribution in [3.8, 4) is 0 Å². The molecule has 4 atom stereocenters. The van der Waals surface area contributed by atoms with Crippen LogP contribution in [0.5, 0.6) is 0 Å². The fraction of sp³-hybridized carbons (Fsp3) is 0.472. The van der Waals surface area contributed by atoms with Crippen LogP contribution in [-0.4, -0.2) is 90.2 Å². The van der Waals surface area contributed by atoms with Crippen molar-refractivity contribution in [1.29, 1.82) is 0 Å². The Morgan fingerprint density at radius 3 is 2.35 bits per heavy atom. The van der Waals surface area contributed by atoms with E-state index in [1.54, 1.807) is 25.7 Å². The smallest absolute Gasteiger partial charge is 0.410 e. The normalized spacial score (nSPS) is 21.3. The lowest BCUT2D eigenvalue weighted by Crippen LogP contribution is -2.60. The largest absolute Gasteiger partial charge is 0.468 e. The summed E-state index contributed by atoms with van der Waals surface area (Å²) in [5, 5.41) is 2.21. The van der Waals surface area contributed by atoms with Crippen molar-refractivity contribution in [3.05, 3.63) is 83.4 Å². The summed E-state index contributed by atoms with van der Waals surface area (Å²) in [6.45, 7) is 8.63. The average Bonchev–Trinajstić information content (AvgIpc) is 3.47. The Hall–Kier alpha value is -4.05. The molecule has 10 heteroatoms. The molecule has 0 saturated carbocycles. The number of rotatable bonds is 7. The van der Waals surface area contributed by atoms with E-state index in [4.69, 9.17) is 9.47 Å². The van der Waals surface area contributed by atoms with Gasteiger partial charge in [-0.05, 0) is 61.6 Å². The molecule has 2 amide bonds. The highest BCUT2D eigenvalue weighted by molar-refractivity contribution is 5.84. The van der Waals surface area contributed by atoms with Crippen molar-refractivity contribution < 1.29 is 32.6 Å². The maximum absolute atomic E-state index is 15.1. The van der Waals surface area contributed by atoms with Crippen molar-refractivity contribution in [2.45, 2.75) is 64.1 Å². The third-order valence-corrected chi connectivity index (χ3v) is 9.08. The van der Waals surface area contributed by atoms with E-state index in [0.717, 1.165) is 22.4 Å². The maximum atomic E-state index is 15.1. The quantitative estimate of drug-likeness (QED) is 0.307. The van der Waals surface area contributed by atoms with Crippen LogP contribution in [0, 0.1) is 17.6 Å². The number of halogens is 2. The molecule has 2 fully saturated rings. The van der Waals surface area contributed by atoms with E-state index in [1.165, 1.54) is 24.1 Å². The third-order valence-electron chi connectivity index (χ3n) is 9.08. The highest BCUT2D eigenvalue weighted by atomic mass is 19.1. The third kappa shape index (κ3) is 7.33. The summed E-state index contributed by atoms with van der Waals surface area (Å²) >= 11 is 0. The van der Waals surface area contributed by atoms with Crippen molar-refractivity contribution >= 4 is 28.7 Å². The molecular formula is C36H43F2N3O5. The fourth-order valence-corrected chi connectivity index (χ4v) is 6.75. The van der Waals surface area contributed by atoms with Crippen LogP contribution in [0.2, 0.25) is 0 Å². The molecule has 0 radical (unpaired) electrons. The van der Waals surface area contributed by atoms with Gasteiger partial charge in [0.15, 0.2) is 0 Å². The molecule has 46 heavy (non-hydrogen) atoms. The standard InChI is InChI=1S/C36H43F2N3O5/c1-6-27-20-39(32(34(43)45-5)18-23-11-12-24-9-7-8-10-25(24)17-23)15-16-41(27)33(42)30-22-40(35(44)46-36(2,3)4)21-29(30)28-14-13-26(37)19-31(28)38/h7-14,17,19,27,29-30,32H,6,15-16,18,20-22H2,1-5H3/t27-,29-,30+,32-/m0/s1. The molecule has 0 bridgehead atoms. The first-order valence-electron chi connectivity index (χ1n) is 15.9. The summed E-state index contributed by atoms with van der Waals surface area (Å²) in [4.78, 5) is 45.8. The van der Waals surface area contributed by atoms with Gasteiger partial charge in [0.2, 0.25) is 5.91 Å². The molecule has 0 spiro atoms. The zero-order chi connectivity index (χ0) is 33.2. The highest BCUT2D eigenvalue weighted by Gasteiger charge is 2.46. The first-order valence-corrected chi connectivity index (χ1v) is 15.9. The molecule has 2 aliphatic rings. The lowest BCUT2D eigenvalue weighted by atomic mass is 9.86. The summed E-state index contributed by atoms with van der Waals surface area (Å²) < 4.78 is 39.7. The van der Waals surface area contributed by atoms with Crippen LogP contribution in [0.4, 0.5) is 13.6 Å². The van der Waals surface area contributed by atoms with Crippen molar-refractivity contribution in [3.63, 3.8) is 0 Å². The minimum Gasteiger partial charge on any atom is -0.468 e. The second-order valence-electron chi connectivity index (χ2n) is 13.3. The van der Waals surface area contributed by atoms with Gasteiger partial charge in [0.1, 0.15) is 23.3 Å². The van der Waals surface area contributed by atoms with Crippen LogP contribution in [-0.2, 0) is 25.5 Å². The van der Waals surface area contributed by atoms with E-state index >= 15 is 4.39 Å². The summed E-state index contributed by atoms with van der Waals surface area (Å²) in [7, 11) is 1.39. The molecule has 0 unspecified atom stereocenters. The molecule has 8 nitrogen and oxygen atoms in total. The van der Waals surface area contributed by atoms with Crippen LogP contribution >= 0.6 is 0 Å². The van der Waals surface area contributed by atoms with Crippen molar-refractivity contribution in [1.82, 2.24) is 14.7 Å². The number of methoxy groups -OCH3 is 1. The number of amides is 2. The number of ether oxygens (including phenoxy) is 2. The Bertz CT molecular complexity index is 1590. The first kappa shape index (κ1) is 33.3. The van der Waals surface area contributed by atoms with Crippen LogP contribution in [0.25, 0.3) is 10.8 Å². The molecule has 2 saturated heterocycles. The number of carbonyl (C=O) groups is 3. The molecule has 2 aliphatic heterocycles. The summed E-state index contributed by atoms with van der Waals surface area (Å²) in [6.07, 6.45) is 0.507. The predicted octanol–water partition coefficient (Wildman–Crippen LogP) is 5.78. The second-order valence-corrected chi connectivity index (χ2v) is 13.3. The zero-order valence-electron chi connectivity index (χ0n) is 27.2. The molecule has 3 aromatic carbocycles. The number of esters is 1.